The van der Waals surface area contributed by atoms with Gasteiger partial charge in [-0.3, -0.25) is 29.0 Å². The Morgan fingerprint density at radius 3 is 1.74 bits per heavy atom. The average molecular weight is 1280 g/mol. The van der Waals surface area contributed by atoms with Crippen molar-refractivity contribution >= 4 is 134 Å². The molecular formula is C77H78N6O6S3. The smallest absolute Gasteiger partial charge is 0.261 e. The number of carbonyl (C=O) groups excluding carboxylic acids is 4. The molecular weight excluding hydrogens is 1200 g/mol. The number of aromatic nitrogens is 3. The van der Waals surface area contributed by atoms with Crippen LogP contribution >= 0.6 is 34.4 Å². The molecule has 0 saturated heterocycles. The second-order valence-corrected chi connectivity index (χ2v) is 29.0. The maximum Gasteiger partial charge on any atom is 0.261 e. The molecule has 92 heavy (non-hydrogen) atoms. The number of aryl methyl sites for hydroxylation is 6. The van der Waals surface area contributed by atoms with E-state index >= 15 is 0 Å². The van der Waals surface area contributed by atoms with Gasteiger partial charge in [-0.05, 0) is 195 Å². The molecule has 0 saturated carbocycles. The quantitative estimate of drug-likeness (QED) is 0.0247. The predicted octanol–water partition coefficient (Wildman–Crippen LogP) is 18.6. The summed E-state index contributed by atoms with van der Waals surface area (Å²) < 4.78 is 18.1. The van der Waals surface area contributed by atoms with E-state index in [-0.39, 0.29) is 23.6 Å². The summed E-state index contributed by atoms with van der Waals surface area (Å²) in [6.45, 7) is 17.8. The lowest BCUT2D eigenvalue weighted by Gasteiger charge is -2.30. The molecule has 4 aromatic heterocycles. The normalized spacial score (nSPS) is 14.3. The fraction of sp³-hybridized carbons (Fsp3) is 0.351. The van der Waals surface area contributed by atoms with Gasteiger partial charge in [-0.1, -0.05) is 99.9 Å². The van der Waals surface area contributed by atoms with E-state index in [0.717, 1.165) is 130 Å². The predicted molar refractivity (Wildman–Crippen MR) is 380 cm³/mol. The van der Waals surface area contributed by atoms with Gasteiger partial charge < -0.3 is 19.7 Å². The monoisotopic (exact) mass is 1280 g/mol. The van der Waals surface area contributed by atoms with Crippen LogP contribution in [0.1, 0.15) is 164 Å². The first kappa shape index (κ1) is 61.7. The Morgan fingerprint density at radius 1 is 0.522 bits per heavy atom. The molecule has 0 radical (unpaired) electrons. The van der Waals surface area contributed by atoms with Crippen molar-refractivity contribution in [3.05, 3.63) is 152 Å². The summed E-state index contributed by atoms with van der Waals surface area (Å²) >= 11 is 4.97. The summed E-state index contributed by atoms with van der Waals surface area (Å²) in [5, 5.41) is 23.5. The van der Waals surface area contributed by atoms with Gasteiger partial charge in [0, 0.05) is 118 Å². The van der Waals surface area contributed by atoms with Crippen LogP contribution in [0.4, 0.5) is 0 Å². The van der Waals surface area contributed by atoms with Crippen LogP contribution in [0, 0.1) is 41.5 Å². The number of carbonyl (C=O) groups is 4. The minimum atomic E-state index is -0.546. The molecule has 2 N–H and O–H groups in total. The molecule has 12 aromatic rings. The molecule has 0 aliphatic carbocycles. The lowest BCUT2D eigenvalue weighted by molar-refractivity contribution is 0.0355. The van der Waals surface area contributed by atoms with Crippen molar-refractivity contribution in [2.24, 2.45) is 0 Å². The SMILES string of the molecule is Cc1ccc2c3ccc(-c4sc(-c5ccc(-c6cc(C)c(C)s6)c6nsnc56)cc4C)cc3n(C(C)CCCCCCCNCC(O)COCCCCCCCCN3C(=O)c4ccc5c6c(C)cc7c8c(ccc(c9c(C)cc(c4c59)C3=O)c86)C(=O)N(C)C7=O)c2c1. The zero-order valence-corrected chi connectivity index (χ0v) is 56.3. The van der Waals surface area contributed by atoms with Crippen LogP contribution in [0.2, 0.25) is 0 Å². The zero-order valence-electron chi connectivity index (χ0n) is 53.9. The number of rotatable bonds is 25. The maximum absolute atomic E-state index is 14.3. The first-order valence-corrected chi connectivity index (χ1v) is 35.3. The van der Waals surface area contributed by atoms with E-state index in [1.54, 1.807) is 0 Å². The van der Waals surface area contributed by atoms with E-state index in [4.69, 9.17) is 13.5 Å². The maximum atomic E-state index is 14.3. The summed E-state index contributed by atoms with van der Waals surface area (Å²) in [4.78, 5) is 63.0. The summed E-state index contributed by atoms with van der Waals surface area (Å²) in [5.74, 6) is -1.17. The molecule has 2 aliphatic heterocycles. The number of nitrogens with one attached hydrogen (secondary N) is 1. The number of ether oxygens (including phenoxy) is 1. The van der Waals surface area contributed by atoms with Crippen molar-refractivity contribution in [3.8, 4) is 31.3 Å². The van der Waals surface area contributed by atoms with Crippen molar-refractivity contribution in [2.45, 2.75) is 138 Å². The second-order valence-electron chi connectivity index (χ2n) is 26.2. The van der Waals surface area contributed by atoms with Crippen LogP contribution in [0.3, 0.4) is 0 Å². The number of benzene rings is 8. The van der Waals surface area contributed by atoms with Crippen LogP contribution in [0.25, 0.3) is 107 Å². The van der Waals surface area contributed by atoms with Gasteiger partial charge in [0.15, 0.2) is 0 Å². The number of aliphatic hydroxyl groups excluding tert-OH is 1. The Bertz CT molecular complexity index is 4930. The largest absolute Gasteiger partial charge is 0.389 e. The van der Waals surface area contributed by atoms with Crippen LogP contribution in [-0.4, -0.2) is 97.8 Å². The first-order valence-electron chi connectivity index (χ1n) is 32.9. The number of imide groups is 2. The Hall–Kier alpha value is -7.76. The summed E-state index contributed by atoms with van der Waals surface area (Å²) in [6, 6.07) is 34.8. The van der Waals surface area contributed by atoms with Gasteiger partial charge in [-0.15, -0.1) is 22.7 Å². The van der Waals surface area contributed by atoms with Crippen molar-refractivity contribution in [2.75, 3.05) is 39.9 Å². The highest BCUT2D eigenvalue weighted by atomic mass is 32.1. The lowest BCUT2D eigenvalue weighted by Crippen LogP contribution is -2.41. The van der Waals surface area contributed by atoms with E-state index in [9.17, 15) is 24.3 Å². The lowest BCUT2D eigenvalue weighted by atomic mass is 9.79. The van der Waals surface area contributed by atoms with Crippen LogP contribution in [0.5, 0.6) is 0 Å². The third kappa shape index (κ3) is 10.8. The van der Waals surface area contributed by atoms with Gasteiger partial charge >= 0.3 is 0 Å². The van der Waals surface area contributed by atoms with Crippen molar-refractivity contribution < 1.29 is 29.0 Å². The van der Waals surface area contributed by atoms with E-state index in [0.29, 0.717) is 65.4 Å². The molecule has 4 amide bonds. The third-order valence-electron chi connectivity index (χ3n) is 19.8. The van der Waals surface area contributed by atoms with Crippen LogP contribution in [0.15, 0.2) is 97.1 Å². The molecule has 15 heteroatoms. The average Bonchev–Trinajstić information content (AvgIpc) is 1.09. The number of fused-ring (bicyclic) bond motifs is 6. The molecule has 8 aromatic carbocycles. The number of aliphatic hydroxyl groups is 1. The minimum absolute atomic E-state index is 0.264. The highest BCUT2D eigenvalue weighted by Gasteiger charge is 2.37. The van der Waals surface area contributed by atoms with Crippen LogP contribution in [-0.2, 0) is 4.74 Å². The molecule has 2 unspecified atom stereocenters. The number of nitrogens with zero attached hydrogens (tertiary/aromatic N) is 5. The molecule has 2 aliphatic rings. The Morgan fingerprint density at radius 2 is 1.07 bits per heavy atom. The summed E-state index contributed by atoms with van der Waals surface area (Å²) in [6.07, 6.45) is 11.9. The fourth-order valence-corrected chi connectivity index (χ4v) is 17.8. The number of thiophene rings is 2. The molecule has 0 bridgehead atoms. The van der Waals surface area contributed by atoms with Gasteiger partial charge in [0.1, 0.15) is 11.0 Å². The Labute approximate surface area is 548 Å². The van der Waals surface area contributed by atoms with Gasteiger partial charge in [0.05, 0.1) is 24.4 Å². The van der Waals surface area contributed by atoms with Crippen molar-refractivity contribution in [3.63, 3.8) is 0 Å². The number of hydrogen-bond donors (Lipinski definition) is 2. The van der Waals surface area contributed by atoms with Crippen molar-refractivity contribution in [1.82, 2.24) is 28.4 Å². The molecule has 470 valence electrons. The molecule has 0 spiro atoms. The fourth-order valence-electron chi connectivity index (χ4n) is 15.0. The number of amides is 4. The number of hydrogen-bond acceptors (Lipinski definition) is 12. The first-order chi connectivity index (χ1) is 44.6. The molecule has 6 heterocycles. The number of unbranched alkanes of at least 4 members (excludes halogenated alkanes) is 9. The van der Waals surface area contributed by atoms with E-state index < -0.39 is 6.10 Å². The summed E-state index contributed by atoms with van der Waals surface area (Å²) in [7, 11) is 1.52. The Balaban J connectivity index is 0.497. The third-order valence-corrected chi connectivity index (χ3v) is 22.8. The van der Waals surface area contributed by atoms with Crippen molar-refractivity contribution in [1.29, 1.82) is 0 Å². The van der Waals surface area contributed by atoms with Gasteiger partial charge in [-0.25, -0.2) is 0 Å². The van der Waals surface area contributed by atoms with E-state index in [2.05, 4.69) is 105 Å². The van der Waals surface area contributed by atoms with Gasteiger partial charge in [-0.2, -0.15) is 8.75 Å². The highest BCUT2D eigenvalue weighted by Crippen LogP contribution is 2.50. The standard InChI is InChI=1S/C77H78N6O6S3/c1-42-21-23-51-52-24-22-49(73-46(5)38-64(91-73)54-26-25-53(71-72(54)80-92-79-71)63-37-43(2)48(7)90-63)39-62(52)83(61(51)34-42)47(6)20-16-12-11-13-17-31-78-40-50(84)41-89-33-19-15-10-9-14-18-32-82-76(87)58-30-28-56-65-44(3)35-59-67-57(74(85)81(8)75(59)86)29-27-55(69(65)67)66-45(4)36-60(77(82)88)68(58)70(56)66/h21-30,34-39,47,50,78,84H,9-20,31-33,40-41H2,1-8H3. The van der Waals surface area contributed by atoms with Gasteiger partial charge in [0.25, 0.3) is 23.6 Å². The zero-order chi connectivity index (χ0) is 63.8. The van der Waals surface area contributed by atoms with E-state index in [1.165, 1.54) is 111 Å². The minimum Gasteiger partial charge on any atom is -0.389 e. The van der Waals surface area contributed by atoms with Crippen LogP contribution < -0.4 is 5.32 Å². The molecule has 12 nitrogen and oxygen atoms in total. The topological polar surface area (TPSA) is 147 Å². The van der Waals surface area contributed by atoms with Gasteiger partial charge in [0.2, 0.25) is 0 Å². The Kier molecular flexibility index (Phi) is 17.0. The highest BCUT2D eigenvalue weighted by molar-refractivity contribution is 7.19. The summed E-state index contributed by atoms with van der Waals surface area (Å²) in [5.41, 5.74) is 15.9. The molecule has 2 atom stereocenters. The molecule has 0 fully saturated rings. The molecule has 14 rings (SSSR count). The second kappa shape index (κ2) is 25.3. The van der Waals surface area contributed by atoms with E-state index in [1.807, 2.05) is 72.9 Å².